The van der Waals surface area contributed by atoms with E-state index in [4.69, 9.17) is 5.73 Å². The predicted molar refractivity (Wildman–Crippen MR) is 54.4 cm³/mol. The molecule has 1 aliphatic carbocycles. The minimum Gasteiger partial charge on any atom is -0.369 e. The highest BCUT2D eigenvalue weighted by Crippen LogP contribution is 2.47. The summed E-state index contributed by atoms with van der Waals surface area (Å²) in [6.07, 6.45) is 1.26. The Morgan fingerprint density at radius 3 is 2.40 bits per heavy atom. The van der Waals surface area contributed by atoms with Crippen LogP contribution in [0.4, 0.5) is 8.78 Å². The summed E-state index contributed by atoms with van der Waals surface area (Å²) in [6.45, 7) is 4.05. The topological polar surface area (TPSA) is 43.1 Å². The van der Waals surface area contributed by atoms with Crippen molar-refractivity contribution in [2.75, 3.05) is 0 Å². The maximum Gasteiger partial charge on any atom is 0.248 e. The molecule has 0 aromatic heterocycles. The lowest BCUT2D eigenvalue weighted by Gasteiger charge is -2.39. The fourth-order valence-electron chi connectivity index (χ4n) is 2.13. The maximum absolute atomic E-state index is 12.7. The minimum absolute atomic E-state index is 0.170. The Morgan fingerprint density at radius 2 is 2.07 bits per heavy atom. The van der Waals surface area contributed by atoms with Gasteiger partial charge >= 0.3 is 0 Å². The lowest BCUT2D eigenvalue weighted by molar-refractivity contribution is -0.145. The molecule has 0 heterocycles. The number of halogens is 2. The molecule has 0 aromatic carbocycles. The van der Waals surface area contributed by atoms with E-state index >= 15 is 0 Å². The van der Waals surface area contributed by atoms with Crippen LogP contribution in [-0.2, 0) is 4.79 Å². The highest BCUT2D eigenvalue weighted by atomic mass is 19.3. The molecule has 2 unspecified atom stereocenters. The zero-order chi connectivity index (χ0) is 11.6. The van der Waals surface area contributed by atoms with E-state index in [1.165, 1.54) is 0 Å². The van der Waals surface area contributed by atoms with E-state index in [-0.39, 0.29) is 24.7 Å². The molecule has 0 spiro atoms. The second-order valence-electron chi connectivity index (χ2n) is 4.78. The van der Waals surface area contributed by atoms with Crippen LogP contribution in [0.1, 0.15) is 39.5 Å². The highest BCUT2D eigenvalue weighted by Gasteiger charge is 2.49. The van der Waals surface area contributed by atoms with Gasteiger partial charge in [0.15, 0.2) is 0 Å². The fraction of sp³-hybridized carbons (Fsp3) is 0.909. The first-order chi connectivity index (χ1) is 6.85. The molecule has 1 aliphatic rings. The number of nitrogens with two attached hydrogens (primary N) is 1. The van der Waals surface area contributed by atoms with Crippen molar-refractivity contribution in [1.29, 1.82) is 0 Å². The molecule has 1 rings (SSSR count). The summed E-state index contributed by atoms with van der Waals surface area (Å²) in [6, 6.07) is 0. The van der Waals surface area contributed by atoms with Crippen molar-refractivity contribution in [1.82, 2.24) is 0 Å². The van der Waals surface area contributed by atoms with Crippen LogP contribution < -0.4 is 5.73 Å². The molecule has 2 nitrogen and oxygen atoms in total. The van der Waals surface area contributed by atoms with Gasteiger partial charge in [-0.25, -0.2) is 8.78 Å². The van der Waals surface area contributed by atoms with Gasteiger partial charge in [-0.1, -0.05) is 20.3 Å². The van der Waals surface area contributed by atoms with Gasteiger partial charge in [-0.05, 0) is 18.3 Å². The van der Waals surface area contributed by atoms with Crippen LogP contribution in [0.5, 0.6) is 0 Å². The third kappa shape index (κ3) is 3.14. The molecule has 2 atom stereocenters. The molecule has 0 aliphatic heterocycles. The molecular weight excluding hydrogens is 200 g/mol. The predicted octanol–water partition coefficient (Wildman–Crippen LogP) is 2.57. The summed E-state index contributed by atoms with van der Waals surface area (Å²) >= 11 is 0. The van der Waals surface area contributed by atoms with Gasteiger partial charge in [0.1, 0.15) is 0 Å². The van der Waals surface area contributed by atoms with Gasteiger partial charge in [0.2, 0.25) is 11.8 Å². The van der Waals surface area contributed by atoms with Crippen molar-refractivity contribution in [3.8, 4) is 0 Å². The molecule has 2 N–H and O–H groups in total. The van der Waals surface area contributed by atoms with Crippen molar-refractivity contribution >= 4 is 5.91 Å². The van der Waals surface area contributed by atoms with Crippen LogP contribution in [-0.4, -0.2) is 11.8 Å². The number of carbonyl (C=O) groups excluding carboxylic acids is 1. The van der Waals surface area contributed by atoms with E-state index in [1.807, 2.05) is 13.8 Å². The van der Waals surface area contributed by atoms with Crippen LogP contribution >= 0.6 is 0 Å². The van der Waals surface area contributed by atoms with Crippen molar-refractivity contribution in [2.45, 2.75) is 45.5 Å². The van der Waals surface area contributed by atoms with Crippen LogP contribution in [0.15, 0.2) is 0 Å². The van der Waals surface area contributed by atoms with E-state index in [9.17, 15) is 13.6 Å². The minimum atomic E-state index is -2.56. The number of hydrogen-bond acceptors (Lipinski definition) is 1. The molecule has 4 heteroatoms. The molecule has 1 amide bonds. The Labute approximate surface area is 89.2 Å². The first-order valence-electron chi connectivity index (χ1n) is 5.53. The van der Waals surface area contributed by atoms with E-state index in [0.29, 0.717) is 12.3 Å². The number of primary amides is 1. The maximum atomic E-state index is 12.7. The molecule has 0 saturated heterocycles. The van der Waals surface area contributed by atoms with Crippen molar-refractivity contribution in [3.63, 3.8) is 0 Å². The summed E-state index contributed by atoms with van der Waals surface area (Å²) in [5, 5.41) is 0. The zero-order valence-electron chi connectivity index (χ0n) is 9.30. The lowest BCUT2D eigenvalue weighted by Crippen LogP contribution is -2.44. The monoisotopic (exact) mass is 219 g/mol. The van der Waals surface area contributed by atoms with Gasteiger partial charge in [0, 0.05) is 18.8 Å². The molecule has 88 valence electrons. The first-order valence-corrected chi connectivity index (χ1v) is 5.53. The average Bonchev–Trinajstić information content (AvgIpc) is 2.09. The van der Waals surface area contributed by atoms with Crippen molar-refractivity contribution < 1.29 is 13.6 Å². The van der Waals surface area contributed by atoms with E-state index < -0.39 is 11.8 Å². The second kappa shape index (κ2) is 4.45. The van der Waals surface area contributed by atoms with Crippen LogP contribution in [0.3, 0.4) is 0 Å². The quantitative estimate of drug-likeness (QED) is 0.758. The number of amides is 1. The Morgan fingerprint density at radius 1 is 1.53 bits per heavy atom. The molecule has 0 bridgehead atoms. The number of alkyl halides is 2. The van der Waals surface area contributed by atoms with Gasteiger partial charge in [-0.2, -0.15) is 0 Å². The average molecular weight is 219 g/mol. The Bertz CT molecular complexity index is 235. The Kier molecular flexibility index (Phi) is 3.68. The number of carbonyl (C=O) groups is 1. The van der Waals surface area contributed by atoms with Gasteiger partial charge in [0.25, 0.3) is 0 Å². The van der Waals surface area contributed by atoms with E-state index in [1.54, 1.807) is 0 Å². The Balaban J connectivity index is 2.49. The molecule has 0 radical (unpaired) electrons. The summed E-state index contributed by atoms with van der Waals surface area (Å²) in [5.41, 5.74) is 5.25. The summed E-state index contributed by atoms with van der Waals surface area (Å²) < 4.78 is 25.4. The summed E-state index contributed by atoms with van der Waals surface area (Å²) in [7, 11) is 0. The van der Waals surface area contributed by atoms with Gasteiger partial charge < -0.3 is 5.73 Å². The zero-order valence-corrected chi connectivity index (χ0v) is 9.30. The standard InChI is InChI=1S/C11H19F2NO/c1-3-7(2)4-9(10(14)15)8-5-11(12,13)6-8/h7-9H,3-6H2,1-2H3,(H2,14,15). The van der Waals surface area contributed by atoms with Crippen LogP contribution in [0, 0.1) is 17.8 Å². The molecule has 0 aromatic rings. The second-order valence-corrected chi connectivity index (χ2v) is 4.78. The fourth-order valence-corrected chi connectivity index (χ4v) is 2.13. The summed E-state index contributed by atoms with van der Waals surface area (Å²) in [5.74, 6) is -3.17. The highest BCUT2D eigenvalue weighted by molar-refractivity contribution is 5.77. The van der Waals surface area contributed by atoms with Crippen LogP contribution in [0.25, 0.3) is 0 Å². The normalized spacial score (nSPS) is 24.3. The van der Waals surface area contributed by atoms with E-state index in [2.05, 4.69) is 0 Å². The molecule has 1 saturated carbocycles. The Hall–Kier alpha value is -0.670. The SMILES string of the molecule is CCC(C)CC(C(N)=O)C1CC(F)(F)C1. The van der Waals surface area contributed by atoms with Gasteiger partial charge in [-0.3, -0.25) is 4.79 Å². The molecule has 15 heavy (non-hydrogen) atoms. The number of hydrogen-bond donors (Lipinski definition) is 1. The molecule has 1 fully saturated rings. The number of rotatable bonds is 5. The third-order valence-electron chi connectivity index (χ3n) is 3.41. The van der Waals surface area contributed by atoms with Crippen molar-refractivity contribution in [3.05, 3.63) is 0 Å². The lowest BCUT2D eigenvalue weighted by atomic mass is 9.70. The molecular formula is C11H19F2NO. The van der Waals surface area contributed by atoms with Gasteiger partial charge in [-0.15, -0.1) is 0 Å². The van der Waals surface area contributed by atoms with E-state index in [0.717, 1.165) is 6.42 Å². The van der Waals surface area contributed by atoms with Crippen molar-refractivity contribution in [2.24, 2.45) is 23.5 Å². The third-order valence-corrected chi connectivity index (χ3v) is 3.41. The largest absolute Gasteiger partial charge is 0.369 e. The smallest absolute Gasteiger partial charge is 0.248 e. The first kappa shape index (κ1) is 12.4. The van der Waals surface area contributed by atoms with Crippen LogP contribution in [0.2, 0.25) is 0 Å². The summed E-state index contributed by atoms with van der Waals surface area (Å²) in [4.78, 5) is 11.2. The van der Waals surface area contributed by atoms with Gasteiger partial charge in [0.05, 0.1) is 0 Å².